The van der Waals surface area contributed by atoms with E-state index in [0.717, 1.165) is 0 Å². The maximum atomic E-state index is 10.4. The molecular formula is C7H10O6S. The van der Waals surface area contributed by atoms with Gasteiger partial charge in [-0.25, -0.2) is 4.18 Å². The summed E-state index contributed by atoms with van der Waals surface area (Å²) in [6.07, 6.45) is 2.19. The Kier molecular flexibility index (Phi) is 2.68. The monoisotopic (exact) mass is 222 g/mol. The van der Waals surface area contributed by atoms with Gasteiger partial charge in [0.15, 0.2) is 0 Å². The van der Waals surface area contributed by atoms with E-state index in [1.807, 2.05) is 0 Å². The molecule has 7 heteroatoms. The zero-order valence-electron chi connectivity index (χ0n) is 7.28. The Bertz CT molecular complexity index is 381. The molecule has 0 aromatic rings. The second-order valence-electron chi connectivity index (χ2n) is 3.05. The highest BCUT2D eigenvalue weighted by Crippen LogP contribution is 2.27. The number of aliphatic hydroxyl groups is 2. The first-order chi connectivity index (χ1) is 6.25. The summed E-state index contributed by atoms with van der Waals surface area (Å²) in [6, 6.07) is 0. The van der Waals surface area contributed by atoms with Gasteiger partial charge in [-0.2, -0.15) is 8.42 Å². The highest BCUT2D eigenvalue weighted by molar-refractivity contribution is 7.80. The van der Waals surface area contributed by atoms with E-state index >= 15 is 0 Å². The van der Waals surface area contributed by atoms with Crippen molar-refractivity contribution in [1.29, 1.82) is 0 Å². The number of aliphatic hydroxyl groups excluding tert-OH is 2. The lowest BCUT2D eigenvalue weighted by Crippen LogP contribution is -2.44. The summed E-state index contributed by atoms with van der Waals surface area (Å²) in [6.45, 7) is 1.21. The largest absolute Gasteiger partial charge is 0.509 e. The van der Waals surface area contributed by atoms with Crippen molar-refractivity contribution in [2.75, 3.05) is 0 Å². The van der Waals surface area contributed by atoms with E-state index in [2.05, 4.69) is 4.18 Å². The fourth-order valence-electron chi connectivity index (χ4n) is 1.11. The molecule has 6 nitrogen and oxygen atoms in total. The molecule has 0 aliphatic heterocycles. The third kappa shape index (κ3) is 2.32. The molecule has 1 aliphatic rings. The van der Waals surface area contributed by atoms with Crippen molar-refractivity contribution in [2.24, 2.45) is 0 Å². The highest BCUT2D eigenvalue weighted by atomic mass is 32.3. The summed E-state index contributed by atoms with van der Waals surface area (Å²) in [5.74, 6) is -0.432. The molecule has 80 valence electrons. The molecule has 0 saturated heterocycles. The molecule has 1 aliphatic carbocycles. The fraction of sp³-hybridized carbons (Fsp3) is 0.429. The molecular weight excluding hydrogens is 212 g/mol. The Morgan fingerprint density at radius 2 is 2.14 bits per heavy atom. The minimum Gasteiger partial charge on any atom is -0.509 e. The van der Waals surface area contributed by atoms with Gasteiger partial charge < -0.3 is 10.2 Å². The van der Waals surface area contributed by atoms with Crippen LogP contribution in [0.2, 0.25) is 0 Å². The molecule has 0 bridgehead atoms. The van der Waals surface area contributed by atoms with Gasteiger partial charge in [-0.15, -0.1) is 0 Å². The van der Waals surface area contributed by atoms with Crippen LogP contribution in [0.5, 0.6) is 0 Å². The van der Waals surface area contributed by atoms with Crippen LogP contribution in [0.15, 0.2) is 24.0 Å². The van der Waals surface area contributed by atoms with E-state index in [1.54, 1.807) is 0 Å². The number of rotatable bonds is 2. The molecule has 0 amide bonds. The summed E-state index contributed by atoms with van der Waals surface area (Å²) in [5, 5.41) is 18.5. The normalized spacial score (nSPS) is 32.8. The van der Waals surface area contributed by atoms with Gasteiger partial charge in [-0.1, -0.05) is 6.08 Å². The highest BCUT2D eigenvalue weighted by Gasteiger charge is 2.40. The van der Waals surface area contributed by atoms with Crippen LogP contribution in [0.4, 0.5) is 0 Å². The maximum absolute atomic E-state index is 10.4. The van der Waals surface area contributed by atoms with Gasteiger partial charge >= 0.3 is 10.4 Å². The number of allylic oxidation sites excluding steroid dienone is 2. The predicted octanol–water partition coefficient (Wildman–Crippen LogP) is -0.0629. The van der Waals surface area contributed by atoms with E-state index in [-0.39, 0.29) is 0 Å². The molecule has 0 spiro atoms. The quantitative estimate of drug-likeness (QED) is 0.565. The van der Waals surface area contributed by atoms with Gasteiger partial charge in [-0.05, 0) is 19.1 Å². The molecule has 14 heavy (non-hydrogen) atoms. The van der Waals surface area contributed by atoms with Gasteiger partial charge in [0, 0.05) is 0 Å². The smallest absolute Gasteiger partial charge is 0.398 e. The Labute approximate surface area is 81.1 Å². The third-order valence-corrected chi connectivity index (χ3v) is 2.37. The van der Waals surface area contributed by atoms with E-state index in [4.69, 9.17) is 9.66 Å². The number of hydrogen-bond acceptors (Lipinski definition) is 5. The second-order valence-corrected chi connectivity index (χ2v) is 4.07. The van der Waals surface area contributed by atoms with Crippen molar-refractivity contribution in [2.45, 2.75) is 18.6 Å². The van der Waals surface area contributed by atoms with Crippen molar-refractivity contribution in [3.8, 4) is 0 Å². The first kappa shape index (κ1) is 11.2. The molecule has 0 aromatic heterocycles. The Morgan fingerprint density at radius 1 is 1.57 bits per heavy atom. The van der Waals surface area contributed by atoms with Crippen LogP contribution < -0.4 is 0 Å². The standard InChI is InChI=1S/C7H10O6S/c1-7(13-14(10,11)12)4-2-3-5(8)6(7)9/h2-4,6,8-9H,1H3,(H,10,11,12). The summed E-state index contributed by atoms with van der Waals surface area (Å²) in [5.41, 5.74) is -1.69. The Hall–Kier alpha value is -0.890. The van der Waals surface area contributed by atoms with Gasteiger partial charge in [0.05, 0.1) is 0 Å². The second kappa shape index (κ2) is 3.35. The topological polar surface area (TPSA) is 104 Å². The van der Waals surface area contributed by atoms with Crippen LogP contribution in [0.1, 0.15) is 6.92 Å². The van der Waals surface area contributed by atoms with Gasteiger partial charge in [0.25, 0.3) is 0 Å². The summed E-state index contributed by atoms with van der Waals surface area (Å²) < 4.78 is 33.6. The average Bonchev–Trinajstić information content (AvgIpc) is 1.97. The van der Waals surface area contributed by atoms with E-state index in [0.29, 0.717) is 0 Å². The SMILES string of the molecule is CC1(OS(=O)(=O)O)C=CC=C(O)C1O. The third-order valence-electron chi connectivity index (χ3n) is 1.80. The number of hydrogen-bond donors (Lipinski definition) is 3. The summed E-state index contributed by atoms with van der Waals surface area (Å²) >= 11 is 0. The lowest BCUT2D eigenvalue weighted by atomic mass is 9.93. The van der Waals surface area contributed by atoms with E-state index in [9.17, 15) is 13.5 Å². The first-order valence-corrected chi connectivity index (χ1v) is 5.06. The average molecular weight is 222 g/mol. The van der Waals surface area contributed by atoms with Crippen LogP contribution >= 0.6 is 0 Å². The first-order valence-electron chi connectivity index (χ1n) is 3.69. The summed E-state index contributed by atoms with van der Waals surface area (Å²) in [7, 11) is -4.69. The van der Waals surface area contributed by atoms with Crippen molar-refractivity contribution in [1.82, 2.24) is 0 Å². The zero-order chi connectivity index (χ0) is 11.0. The Morgan fingerprint density at radius 3 is 2.64 bits per heavy atom. The van der Waals surface area contributed by atoms with Crippen molar-refractivity contribution in [3.63, 3.8) is 0 Å². The zero-order valence-corrected chi connectivity index (χ0v) is 8.10. The fourth-order valence-corrected chi connectivity index (χ4v) is 1.71. The van der Waals surface area contributed by atoms with Gasteiger partial charge in [0.2, 0.25) is 0 Å². The molecule has 0 radical (unpaired) electrons. The van der Waals surface area contributed by atoms with E-state index < -0.39 is 27.9 Å². The summed E-state index contributed by atoms with van der Waals surface area (Å²) in [4.78, 5) is 0. The van der Waals surface area contributed by atoms with Gasteiger partial charge in [-0.3, -0.25) is 4.55 Å². The van der Waals surface area contributed by atoms with Crippen molar-refractivity contribution < 1.29 is 27.4 Å². The van der Waals surface area contributed by atoms with Gasteiger partial charge in [0.1, 0.15) is 17.5 Å². The van der Waals surface area contributed by atoms with Crippen LogP contribution in [0, 0.1) is 0 Å². The molecule has 0 fully saturated rings. The molecule has 0 aromatic carbocycles. The molecule has 2 atom stereocenters. The Balaban J connectivity index is 2.97. The minimum atomic E-state index is -4.69. The molecule has 1 rings (SSSR count). The predicted molar refractivity (Wildman–Crippen MR) is 46.9 cm³/mol. The van der Waals surface area contributed by atoms with Crippen LogP contribution in [0.25, 0.3) is 0 Å². The van der Waals surface area contributed by atoms with Crippen molar-refractivity contribution >= 4 is 10.4 Å². The van der Waals surface area contributed by atoms with E-state index in [1.165, 1.54) is 25.2 Å². The molecule has 3 N–H and O–H groups in total. The van der Waals surface area contributed by atoms with Crippen LogP contribution in [0.3, 0.4) is 0 Å². The maximum Gasteiger partial charge on any atom is 0.398 e. The molecule has 2 unspecified atom stereocenters. The van der Waals surface area contributed by atoms with Crippen LogP contribution in [-0.2, 0) is 14.6 Å². The molecule has 0 heterocycles. The molecule has 0 saturated carbocycles. The lowest BCUT2D eigenvalue weighted by Gasteiger charge is -2.30. The van der Waals surface area contributed by atoms with Crippen molar-refractivity contribution in [3.05, 3.63) is 24.0 Å². The van der Waals surface area contributed by atoms with Crippen LogP contribution in [-0.4, -0.2) is 34.9 Å². The minimum absolute atomic E-state index is 0.432. The lowest BCUT2D eigenvalue weighted by molar-refractivity contribution is -0.0113.